The highest BCUT2D eigenvalue weighted by Crippen LogP contribution is 2.22. The van der Waals surface area contributed by atoms with Crippen LogP contribution in [0.5, 0.6) is 6.01 Å². The second kappa shape index (κ2) is 5.32. The van der Waals surface area contributed by atoms with E-state index in [1.807, 2.05) is 0 Å². The third kappa shape index (κ3) is 2.74. The van der Waals surface area contributed by atoms with Crippen LogP contribution in [0.2, 0.25) is 5.02 Å². The van der Waals surface area contributed by atoms with Crippen molar-refractivity contribution in [1.82, 2.24) is 9.97 Å². The van der Waals surface area contributed by atoms with Gasteiger partial charge in [-0.2, -0.15) is 4.98 Å². The van der Waals surface area contributed by atoms with Gasteiger partial charge in [-0.05, 0) is 12.8 Å². The first-order valence-electron chi connectivity index (χ1n) is 5.20. The molecule has 88 valence electrons. The number of hydrogen-bond donors (Lipinski definition) is 1. The molecule has 16 heavy (non-hydrogen) atoms. The molecule has 1 aromatic rings. The van der Waals surface area contributed by atoms with Gasteiger partial charge in [-0.15, -0.1) is 0 Å². The molecule has 0 aliphatic carbocycles. The van der Waals surface area contributed by atoms with Crippen LogP contribution in [0.3, 0.4) is 0 Å². The predicted molar refractivity (Wildman–Crippen MR) is 61.1 cm³/mol. The van der Waals surface area contributed by atoms with Crippen molar-refractivity contribution >= 4 is 17.4 Å². The number of ether oxygens (including phenoxy) is 2. The van der Waals surface area contributed by atoms with E-state index >= 15 is 0 Å². The van der Waals surface area contributed by atoms with Gasteiger partial charge in [0.1, 0.15) is 5.02 Å². The fourth-order valence-corrected chi connectivity index (χ4v) is 1.73. The van der Waals surface area contributed by atoms with Crippen LogP contribution < -0.4 is 10.1 Å². The van der Waals surface area contributed by atoms with Crippen LogP contribution in [-0.4, -0.2) is 36.3 Å². The van der Waals surface area contributed by atoms with Gasteiger partial charge < -0.3 is 14.8 Å². The summed E-state index contributed by atoms with van der Waals surface area (Å²) in [5.74, 6) is 0.625. The largest absolute Gasteiger partial charge is 0.467 e. The molecule has 1 saturated heterocycles. The van der Waals surface area contributed by atoms with Gasteiger partial charge >= 0.3 is 6.01 Å². The van der Waals surface area contributed by atoms with E-state index < -0.39 is 0 Å². The minimum Gasteiger partial charge on any atom is -0.467 e. The fraction of sp³-hybridized carbons (Fsp3) is 0.600. The van der Waals surface area contributed by atoms with E-state index in [0.717, 1.165) is 26.1 Å². The van der Waals surface area contributed by atoms with E-state index in [-0.39, 0.29) is 0 Å². The van der Waals surface area contributed by atoms with Crippen molar-refractivity contribution in [2.24, 2.45) is 0 Å². The van der Waals surface area contributed by atoms with E-state index in [2.05, 4.69) is 15.3 Å². The van der Waals surface area contributed by atoms with Gasteiger partial charge in [-0.25, -0.2) is 4.98 Å². The molecule has 6 heteroatoms. The Morgan fingerprint density at radius 3 is 2.94 bits per heavy atom. The summed E-state index contributed by atoms with van der Waals surface area (Å²) in [6, 6.07) is 0.671. The van der Waals surface area contributed by atoms with Gasteiger partial charge in [-0.1, -0.05) is 11.6 Å². The number of rotatable bonds is 3. The quantitative estimate of drug-likeness (QED) is 0.876. The highest BCUT2D eigenvalue weighted by molar-refractivity contribution is 6.32. The summed E-state index contributed by atoms with van der Waals surface area (Å²) in [6.07, 6.45) is 3.46. The minimum atomic E-state index is 0.318. The average molecular weight is 244 g/mol. The fourth-order valence-electron chi connectivity index (χ4n) is 1.59. The summed E-state index contributed by atoms with van der Waals surface area (Å²) in [4.78, 5) is 8.09. The van der Waals surface area contributed by atoms with Gasteiger partial charge in [0.15, 0.2) is 5.82 Å². The normalized spacial score (nSPS) is 17.1. The summed E-state index contributed by atoms with van der Waals surface area (Å²) < 4.78 is 10.2. The molecule has 2 heterocycles. The third-order valence-corrected chi connectivity index (χ3v) is 2.74. The van der Waals surface area contributed by atoms with Crippen LogP contribution in [0.1, 0.15) is 12.8 Å². The molecular formula is C10H14ClN3O2. The van der Waals surface area contributed by atoms with Crippen molar-refractivity contribution in [3.8, 4) is 6.01 Å². The molecule has 1 aromatic heterocycles. The van der Waals surface area contributed by atoms with E-state index in [0.29, 0.717) is 22.9 Å². The van der Waals surface area contributed by atoms with E-state index in [1.165, 1.54) is 13.3 Å². The molecule has 1 aliphatic rings. The summed E-state index contributed by atoms with van der Waals surface area (Å²) in [6.45, 7) is 1.55. The van der Waals surface area contributed by atoms with Crippen molar-refractivity contribution in [3.05, 3.63) is 11.2 Å². The number of methoxy groups -OCH3 is 1. The van der Waals surface area contributed by atoms with Gasteiger partial charge in [0.05, 0.1) is 13.3 Å². The second-order valence-corrected chi connectivity index (χ2v) is 3.99. The number of nitrogens with one attached hydrogen (secondary N) is 1. The Bertz CT molecular complexity index is 356. The summed E-state index contributed by atoms with van der Waals surface area (Å²) in [5.41, 5.74) is 0. The van der Waals surface area contributed by atoms with Crippen molar-refractivity contribution < 1.29 is 9.47 Å². The molecule has 0 bridgehead atoms. The Hall–Kier alpha value is -1.07. The van der Waals surface area contributed by atoms with Crippen LogP contribution in [0.15, 0.2) is 6.20 Å². The Balaban J connectivity index is 2.06. The van der Waals surface area contributed by atoms with Gasteiger partial charge in [0.2, 0.25) is 0 Å². The van der Waals surface area contributed by atoms with Gasteiger partial charge in [0, 0.05) is 19.3 Å². The summed E-state index contributed by atoms with van der Waals surface area (Å²) in [7, 11) is 1.53. The van der Waals surface area contributed by atoms with E-state index in [1.54, 1.807) is 0 Å². The monoisotopic (exact) mass is 243 g/mol. The average Bonchev–Trinajstić information content (AvgIpc) is 2.33. The maximum atomic E-state index is 6.00. The molecule has 0 unspecified atom stereocenters. The number of halogens is 1. The Labute approximate surface area is 99.1 Å². The zero-order chi connectivity index (χ0) is 11.4. The molecule has 0 amide bonds. The zero-order valence-electron chi connectivity index (χ0n) is 9.07. The lowest BCUT2D eigenvalue weighted by Crippen LogP contribution is -2.28. The second-order valence-electron chi connectivity index (χ2n) is 3.58. The molecule has 1 aliphatic heterocycles. The Kier molecular flexibility index (Phi) is 3.79. The first-order valence-corrected chi connectivity index (χ1v) is 5.58. The Morgan fingerprint density at radius 2 is 2.25 bits per heavy atom. The molecule has 0 spiro atoms. The molecule has 0 radical (unpaired) electrons. The molecule has 5 nitrogen and oxygen atoms in total. The summed E-state index contributed by atoms with van der Waals surface area (Å²) >= 11 is 6.00. The maximum absolute atomic E-state index is 6.00. The van der Waals surface area contributed by atoms with Crippen LogP contribution in [0, 0.1) is 0 Å². The number of aromatic nitrogens is 2. The van der Waals surface area contributed by atoms with Gasteiger partial charge in [-0.3, -0.25) is 0 Å². The van der Waals surface area contributed by atoms with E-state index in [4.69, 9.17) is 21.1 Å². The van der Waals surface area contributed by atoms with Crippen LogP contribution >= 0.6 is 11.6 Å². The van der Waals surface area contributed by atoms with E-state index in [9.17, 15) is 0 Å². The molecule has 1 fully saturated rings. The topological polar surface area (TPSA) is 56.3 Å². The van der Waals surface area contributed by atoms with Crippen LogP contribution in [0.25, 0.3) is 0 Å². The molecule has 0 aromatic carbocycles. The van der Waals surface area contributed by atoms with Crippen molar-refractivity contribution in [2.45, 2.75) is 18.9 Å². The van der Waals surface area contributed by atoms with Crippen molar-refractivity contribution in [2.75, 3.05) is 25.6 Å². The van der Waals surface area contributed by atoms with Crippen molar-refractivity contribution in [1.29, 1.82) is 0 Å². The molecule has 1 N–H and O–H groups in total. The van der Waals surface area contributed by atoms with Crippen LogP contribution in [-0.2, 0) is 4.74 Å². The number of anilines is 1. The SMILES string of the molecule is COc1ncc(Cl)c(NC2CCOCC2)n1. The van der Waals surface area contributed by atoms with Crippen molar-refractivity contribution in [3.63, 3.8) is 0 Å². The minimum absolute atomic E-state index is 0.318. The molecule has 2 rings (SSSR count). The van der Waals surface area contributed by atoms with Crippen LogP contribution in [0.4, 0.5) is 5.82 Å². The molecule has 0 atom stereocenters. The smallest absolute Gasteiger partial charge is 0.318 e. The maximum Gasteiger partial charge on any atom is 0.318 e. The predicted octanol–water partition coefficient (Wildman–Crippen LogP) is 1.73. The molecular weight excluding hydrogens is 230 g/mol. The Morgan fingerprint density at radius 1 is 1.50 bits per heavy atom. The lowest BCUT2D eigenvalue weighted by atomic mass is 10.1. The first-order chi connectivity index (χ1) is 7.79. The highest BCUT2D eigenvalue weighted by atomic mass is 35.5. The highest BCUT2D eigenvalue weighted by Gasteiger charge is 2.16. The lowest BCUT2D eigenvalue weighted by Gasteiger charge is -2.23. The first kappa shape index (κ1) is 11.4. The zero-order valence-corrected chi connectivity index (χ0v) is 9.83. The molecule has 0 saturated carbocycles. The van der Waals surface area contributed by atoms with Gasteiger partial charge in [0.25, 0.3) is 0 Å². The number of nitrogens with zero attached hydrogens (tertiary/aromatic N) is 2. The summed E-state index contributed by atoms with van der Waals surface area (Å²) in [5, 5.41) is 3.79. The lowest BCUT2D eigenvalue weighted by molar-refractivity contribution is 0.0904. The number of hydrogen-bond acceptors (Lipinski definition) is 5. The third-order valence-electron chi connectivity index (χ3n) is 2.47. The standard InChI is InChI=1S/C10H14ClN3O2/c1-15-10-12-6-8(11)9(14-10)13-7-2-4-16-5-3-7/h6-7H,2-5H2,1H3,(H,12,13,14).